The number of pyridine rings is 1. The molecular weight excluding hydrogens is 480 g/mol. The van der Waals surface area contributed by atoms with Crippen molar-refractivity contribution in [3.8, 4) is 5.75 Å². The number of nitrogens with one attached hydrogen (secondary N) is 1. The number of methoxy groups -OCH3 is 1. The maximum absolute atomic E-state index is 13.3. The Morgan fingerprint density at radius 1 is 1.08 bits per heavy atom. The van der Waals surface area contributed by atoms with Gasteiger partial charge < -0.3 is 14.1 Å². The van der Waals surface area contributed by atoms with Crippen molar-refractivity contribution in [2.45, 2.75) is 52.9 Å². The number of fused-ring (bicyclic) bond motifs is 1. The Bertz CT molecular complexity index is 1590. The first-order chi connectivity index (χ1) is 18.5. The summed E-state index contributed by atoms with van der Waals surface area (Å²) in [5, 5.41) is 13.7. The lowest BCUT2D eigenvalue weighted by Gasteiger charge is -2.30. The van der Waals surface area contributed by atoms with Crippen LogP contribution >= 0.6 is 0 Å². The third-order valence-corrected chi connectivity index (χ3v) is 6.88. The van der Waals surface area contributed by atoms with Gasteiger partial charge in [-0.15, -0.1) is 5.10 Å². The van der Waals surface area contributed by atoms with E-state index >= 15 is 0 Å². The number of aromatic nitrogens is 5. The van der Waals surface area contributed by atoms with Crippen LogP contribution in [0.15, 0.2) is 70.1 Å². The molecule has 5 aromatic rings. The predicted molar refractivity (Wildman–Crippen MR) is 145 cm³/mol. The van der Waals surface area contributed by atoms with Gasteiger partial charge in [0.25, 0.3) is 5.56 Å². The summed E-state index contributed by atoms with van der Waals surface area (Å²) in [6.45, 7) is 7.55. The number of aromatic amines is 1. The molecular formula is C29H32N6O3. The molecule has 0 aliphatic carbocycles. The van der Waals surface area contributed by atoms with Crippen molar-refractivity contribution in [2.24, 2.45) is 0 Å². The number of benzene rings is 2. The molecule has 9 nitrogen and oxygen atoms in total. The van der Waals surface area contributed by atoms with Gasteiger partial charge in [0.05, 0.1) is 24.9 Å². The van der Waals surface area contributed by atoms with Crippen molar-refractivity contribution >= 4 is 10.9 Å². The van der Waals surface area contributed by atoms with Gasteiger partial charge in [0.15, 0.2) is 5.82 Å². The maximum atomic E-state index is 13.3. The molecule has 0 bridgehead atoms. The largest absolute Gasteiger partial charge is 0.496 e. The number of ether oxygens (including phenoxy) is 1. The molecule has 0 aliphatic heterocycles. The molecule has 1 atom stereocenters. The van der Waals surface area contributed by atoms with E-state index in [4.69, 9.17) is 9.15 Å². The first-order valence-corrected chi connectivity index (χ1v) is 12.7. The molecule has 0 radical (unpaired) electrons. The Balaban J connectivity index is 1.56. The lowest BCUT2D eigenvalue weighted by atomic mass is 10.0. The second-order valence-corrected chi connectivity index (χ2v) is 9.58. The molecule has 0 spiro atoms. The van der Waals surface area contributed by atoms with E-state index in [2.05, 4.69) is 51.4 Å². The summed E-state index contributed by atoms with van der Waals surface area (Å²) in [6.07, 6.45) is 2.37. The van der Waals surface area contributed by atoms with E-state index in [1.54, 1.807) is 18.1 Å². The summed E-state index contributed by atoms with van der Waals surface area (Å²) in [7, 11) is 1.67. The number of tetrazole rings is 1. The first kappa shape index (κ1) is 25.4. The van der Waals surface area contributed by atoms with Crippen molar-refractivity contribution in [2.75, 3.05) is 7.11 Å². The highest BCUT2D eigenvalue weighted by Gasteiger charge is 2.27. The highest BCUT2D eigenvalue weighted by Crippen LogP contribution is 2.29. The van der Waals surface area contributed by atoms with E-state index in [0.29, 0.717) is 31.0 Å². The zero-order valence-electron chi connectivity index (χ0n) is 22.1. The quantitative estimate of drug-likeness (QED) is 0.283. The monoisotopic (exact) mass is 512 g/mol. The molecule has 3 heterocycles. The van der Waals surface area contributed by atoms with Gasteiger partial charge in [-0.3, -0.25) is 9.69 Å². The van der Waals surface area contributed by atoms with Crippen molar-refractivity contribution in [1.82, 2.24) is 30.1 Å². The van der Waals surface area contributed by atoms with E-state index in [0.717, 1.165) is 45.5 Å². The van der Waals surface area contributed by atoms with Gasteiger partial charge >= 0.3 is 0 Å². The molecule has 0 fully saturated rings. The molecule has 1 unspecified atom stereocenters. The van der Waals surface area contributed by atoms with Crippen LogP contribution in [0.2, 0.25) is 0 Å². The maximum Gasteiger partial charge on any atom is 0.252 e. The van der Waals surface area contributed by atoms with E-state index in [9.17, 15) is 4.79 Å². The van der Waals surface area contributed by atoms with Crippen molar-refractivity contribution in [3.63, 3.8) is 0 Å². The minimum absolute atomic E-state index is 0.0977. The lowest BCUT2D eigenvalue weighted by Crippen LogP contribution is -2.32. The molecule has 9 heteroatoms. The zero-order valence-corrected chi connectivity index (χ0v) is 22.1. The highest BCUT2D eigenvalue weighted by molar-refractivity contribution is 5.82. The Morgan fingerprint density at radius 3 is 2.66 bits per heavy atom. The number of para-hydroxylation sites is 1. The van der Waals surface area contributed by atoms with Gasteiger partial charge in [-0.05, 0) is 72.0 Å². The average Bonchev–Trinajstić information content (AvgIpc) is 3.59. The number of hydrogen-bond acceptors (Lipinski definition) is 7. The van der Waals surface area contributed by atoms with Crippen LogP contribution in [-0.2, 0) is 19.6 Å². The number of nitrogens with zero attached hydrogens (tertiary/aromatic N) is 5. The summed E-state index contributed by atoms with van der Waals surface area (Å²) in [4.78, 5) is 18.6. The second kappa shape index (κ2) is 11.0. The molecule has 5 rings (SSSR count). The van der Waals surface area contributed by atoms with Crippen LogP contribution in [0.1, 0.15) is 53.2 Å². The minimum atomic E-state index is -0.167. The molecule has 3 aromatic heterocycles. The van der Waals surface area contributed by atoms with Crippen LogP contribution < -0.4 is 10.3 Å². The number of hydrogen-bond donors (Lipinski definition) is 1. The smallest absolute Gasteiger partial charge is 0.252 e. The molecule has 0 saturated heterocycles. The normalized spacial score (nSPS) is 12.3. The van der Waals surface area contributed by atoms with Crippen LogP contribution in [-0.4, -0.2) is 37.2 Å². The molecule has 0 amide bonds. The molecule has 0 aliphatic rings. The first-order valence-electron chi connectivity index (χ1n) is 12.7. The fourth-order valence-corrected chi connectivity index (χ4v) is 5.11. The summed E-state index contributed by atoms with van der Waals surface area (Å²) in [5.41, 5.74) is 4.68. The number of aryl methyl sites for hydroxylation is 2. The van der Waals surface area contributed by atoms with E-state index < -0.39 is 0 Å². The fourth-order valence-electron chi connectivity index (χ4n) is 5.11. The summed E-state index contributed by atoms with van der Waals surface area (Å²) in [5.74, 6) is 2.27. The Kier molecular flexibility index (Phi) is 7.37. The number of rotatable bonds is 10. The number of furan rings is 1. The molecule has 1 N–H and O–H groups in total. The van der Waals surface area contributed by atoms with Gasteiger partial charge in [0.2, 0.25) is 0 Å². The standard InChI is InChI=1S/C29H32N6O3/c1-5-25(28-31-32-33-35(28)18-24-10-8-12-38-24)34(16-21-9-6-7-11-26(21)37-4)17-23-15-22-14-19(2)13-20(3)27(22)30-29(23)36/h6-15,25H,5,16-18H2,1-4H3,(H,30,36). The predicted octanol–water partition coefficient (Wildman–Crippen LogP) is 4.93. The summed E-state index contributed by atoms with van der Waals surface area (Å²) >= 11 is 0. The molecule has 2 aromatic carbocycles. The van der Waals surface area contributed by atoms with Crippen LogP contribution in [0, 0.1) is 13.8 Å². The molecule has 38 heavy (non-hydrogen) atoms. The van der Waals surface area contributed by atoms with Gasteiger partial charge in [0.1, 0.15) is 18.1 Å². The molecule has 196 valence electrons. The topological polar surface area (TPSA) is 102 Å². The van der Waals surface area contributed by atoms with Crippen LogP contribution in [0.3, 0.4) is 0 Å². The van der Waals surface area contributed by atoms with Gasteiger partial charge in [-0.2, -0.15) is 0 Å². The zero-order chi connectivity index (χ0) is 26.6. The van der Waals surface area contributed by atoms with Crippen LogP contribution in [0.5, 0.6) is 5.75 Å². The highest BCUT2D eigenvalue weighted by atomic mass is 16.5. The van der Waals surface area contributed by atoms with E-state index in [-0.39, 0.29) is 11.6 Å². The van der Waals surface area contributed by atoms with Crippen molar-refractivity contribution < 1.29 is 9.15 Å². The minimum Gasteiger partial charge on any atom is -0.496 e. The van der Waals surface area contributed by atoms with Crippen molar-refractivity contribution in [1.29, 1.82) is 0 Å². The summed E-state index contributed by atoms with van der Waals surface area (Å²) in [6, 6.07) is 17.7. The van der Waals surface area contributed by atoms with Gasteiger partial charge in [-0.25, -0.2) is 4.68 Å². The van der Waals surface area contributed by atoms with Gasteiger partial charge in [0, 0.05) is 24.2 Å². The third-order valence-electron chi connectivity index (χ3n) is 6.88. The SMILES string of the molecule is CCC(c1nnnn1Cc1ccco1)N(Cc1ccccc1OC)Cc1cc2cc(C)cc(C)c2[nH]c1=O. The fraction of sp³-hybridized carbons (Fsp3) is 0.310. The Hall–Kier alpha value is -4.24. The van der Waals surface area contributed by atoms with Crippen LogP contribution in [0.4, 0.5) is 0 Å². The average molecular weight is 513 g/mol. The Labute approximate surface area is 221 Å². The second-order valence-electron chi connectivity index (χ2n) is 9.58. The third kappa shape index (κ3) is 5.24. The number of H-pyrrole nitrogens is 1. The van der Waals surface area contributed by atoms with Crippen molar-refractivity contribution in [3.05, 3.63) is 105 Å². The molecule has 0 saturated carbocycles. The van der Waals surface area contributed by atoms with E-state index in [1.165, 1.54) is 0 Å². The Morgan fingerprint density at radius 2 is 1.89 bits per heavy atom. The van der Waals surface area contributed by atoms with E-state index in [1.807, 2.05) is 49.4 Å². The lowest BCUT2D eigenvalue weighted by molar-refractivity contribution is 0.159. The summed E-state index contributed by atoms with van der Waals surface area (Å²) < 4.78 is 13.0. The van der Waals surface area contributed by atoms with Gasteiger partial charge in [-0.1, -0.05) is 36.8 Å². The van der Waals surface area contributed by atoms with Crippen LogP contribution in [0.25, 0.3) is 10.9 Å².